The Labute approximate surface area is 213 Å². The van der Waals surface area contributed by atoms with Crippen LogP contribution in [0.3, 0.4) is 0 Å². The van der Waals surface area contributed by atoms with Gasteiger partial charge in [-0.3, -0.25) is 14.3 Å². The number of likely N-dealkylation sites (N-methyl/N-ethyl adjacent to an activating group) is 1. The standard InChI is InChI=1S/C27H39N7O2/c1-4-33-14-16-34(17-15-33)22-9-8-20(18-28-22)30-26(36)24(31-25(35)21-10-13-29-32(21)3)23(19-6-5-7-19)27(2)11-12-27/h8-10,13,18-19,23-24H,4-7,11-12,14-17H2,1-3H3,(H,30,36)(H,31,35)/t23?,24-/m0/s1. The third-order valence-electron chi connectivity index (χ3n) is 8.64. The third-order valence-corrected chi connectivity index (χ3v) is 8.64. The average Bonchev–Trinajstić information content (AvgIpc) is 3.45. The van der Waals surface area contributed by atoms with Crippen LogP contribution in [-0.4, -0.2) is 70.2 Å². The van der Waals surface area contributed by atoms with Crippen molar-refractivity contribution in [1.29, 1.82) is 0 Å². The summed E-state index contributed by atoms with van der Waals surface area (Å²) in [5, 5.41) is 10.3. The number of nitrogens with zero attached hydrogens (tertiary/aromatic N) is 5. The summed E-state index contributed by atoms with van der Waals surface area (Å²) in [7, 11) is 1.74. The van der Waals surface area contributed by atoms with Gasteiger partial charge in [0, 0.05) is 39.4 Å². The predicted octanol–water partition coefficient (Wildman–Crippen LogP) is 2.91. The van der Waals surface area contributed by atoms with Gasteiger partial charge in [0.25, 0.3) is 5.91 Å². The lowest BCUT2D eigenvalue weighted by atomic mass is 9.66. The van der Waals surface area contributed by atoms with Crippen LogP contribution in [0.2, 0.25) is 0 Å². The lowest BCUT2D eigenvalue weighted by molar-refractivity contribution is -0.121. The lowest BCUT2D eigenvalue weighted by Crippen LogP contribution is -2.54. The van der Waals surface area contributed by atoms with E-state index >= 15 is 0 Å². The minimum Gasteiger partial charge on any atom is -0.354 e. The number of anilines is 2. The molecule has 3 heterocycles. The van der Waals surface area contributed by atoms with Crippen molar-refractivity contribution in [3.8, 4) is 0 Å². The molecule has 0 aromatic carbocycles. The van der Waals surface area contributed by atoms with Crippen LogP contribution >= 0.6 is 0 Å². The molecule has 0 radical (unpaired) electrons. The summed E-state index contributed by atoms with van der Waals surface area (Å²) in [4.78, 5) is 36.3. The van der Waals surface area contributed by atoms with E-state index < -0.39 is 6.04 Å². The van der Waals surface area contributed by atoms with E-state index in [1.165, 1.54) is 6.42 Å². The normalized spacial score (nSPS) is 21.4. The highest BCUT2D eigenvalue weighted by molar-refractivity contribution is 6.00. The average molecular weight is 494 g/mol. The van der Waals surface area contributed by atoms with Crippen molar-refractivity contribution in [2.75, 3.05) is 42.9 Å². The van der Waals surface area contributed by atoms with Crippen LogP contribution in [0.15, 0.2) is 30.6 Å². The van der Waals surface area contributed by atoms with Crippen molar-refractivity contribution in [2.45, 2.75) is 52.0 Å². The summed E-state index contributed by atoms with van der Waals surface area (Å²) < 4.78 is 1.55. The van der Waals surface area contributed by atoms with Crippen LogP contribution in [0.5, 0.6) is 0 Å². The highest BCUT2D eigenvalue weighted by Crippen LogP contribution is 2.58. The molecule has 2 aliphatic carbocycles. The van der Waals surface area contributed by atoms with Gasteiger partial charge in [-0.15, -0.1) is 0 Å². The maximum absolute atomic E-state index is 13.7. The fourth-order valence-corrected chi connectivity index (χ4v) is 5.86. The Kier molecular flexibility index (Phi) is 7.01. The van der Waals surface area contributed by atoms with Crippen molar-refractivity contribution in [3.05, 3.63) is 36.3 Å². The van der Waals surface area contributed by atoms with E-state index in [2.05, 4.69) is 44.4 Å². The van der Waals surface area contributed by atoms with Gasteiger partial charge < -0.3 is 20.4 Å². The van der Waals surface area contributed by atoms with Gasteiger partial charge in [-0.2, -0.15) is 5.10 Å². The first-order valence-electron chi connectivity index (χ1n) is 13.4. The Morgan fingerprint density at radius 3 is 2.42 bits per heavy atom. The second kappa shape index (κ2) is 10.2. The molecule has 2 amide bonds. The minimum absolute atomic E-state index is 0.0928. The van der Waals surface area contributed by atoms with E-state index in [4.69, 9.17) is 0 Å². The number of nitrogens with one attached hydrogen (secondary N) is 2. The summed E-state index contributed by atoms with van der Waals surface area (Å²) in [6.45, 7) is 9.52. The summed E-state index contributed by atoms with van der Waals surface area (Å²) >= 11 is 0. The Morgan fingerprint density at radius 1 is 1.14 bits per heavy atom. The molecule has 194 valence electrons. The zero-order chi connectivity index (χ0) is 25.3. The topological polar surface area (TPSA) is 95.4 Å². The number of carbonyl (C=O) groups excluding carboxylic acids is 2. The third kappa shape index (κ3) is 5.12. The molecule has 1 saturated heterocycles. The fraction of sp³-hybridized carbons (Fsp3) is 0.630. The molecule has 2 aromatic heterocycles. The highest BCUT2D eigenvalue weighted by Gasteiger charge is 2.54. The molecular weight excluding hydrogens is 454 g/mol. The first-order valence-corrected chi connectivity index (χ1v) is 13.4. The molecule has 5 rings (SSSR count). The Hall–Kier alpha value is -2.94. The van der Waals surface area contributed by atoms with Crippen LogP contribution in [0.25, 0.3) is 0 Å². The highest BCUT2D eigenvalue weighted by atomic mass is 16.2. The van der Waals surface area contributed by atoms with E-state index in [1.807, 2.05) is 12.1 Å². The molecule has 1 aliphatic heterocycles. The number of piperazine rings is 1. The smallest absolute Gasteiger partial charge is 0.270 e. The first kappa shape index (κ1) is 24.7. The number of amides is 2. The van der Waals surface area contributed by atoms with Crippen molar-refractivity contribution in [2.24, 2.45) is 24.3 Å². The van der Waals surface area contributed by atoms with Crippen molar-refractivity contribution in [1.82, 2.24) is 25.0 Å². The number of aryl methyl sites for hydroxylation is 1. The quantitative estimate of drug-likeness (QED) is 0.558. The molecule has 2 saturated carbocycles. The van der Waals surface area contributed by atoms with E-state index in [1.54, 1.807) is 30.2 Å². The minimum atomic E-state index is -0.605. The maximum Gasteiger partial charge on any atom is 0.270 e. The van der Waals surface area contributed by atoms with E-state index in [9.17, 15) is 9.59 Å². The van der Waals surface area contributed by atoms with Crippen LogP contribution in [0.4, 0.5) is 11.5 Å². The van der Waals surface area contributed by atoms with E-state index in [-0.39, 0.29) is 23.1 Å². The summed E-state index contributed by atoms with van der Waals surface area (Å²) in [5.41, 5.74) is 1.20. The Bertz CT molecular complexity index is 1070. The van der Waals surface area contributed by atoms with Crippen LogP contribution in [0, 0.1) is 17.3 Å². The molecule has 9 heteroatoms. The zero-order valence-corrected chi connectivity index (χ0v) is 21.7. The van der Waals surface area contributed by atoms with Gasteiger partial charge in [0.1, 0.15) is 17.6 Å². The molecule has 0 spiro atoms. The second-order valence-electron chi connectivity index (χ2n) is 11.0. The molecule has 3 fully saturated rings. The Morgan fingerprint density at radius 2 is 1.89 bits per heavy atom. The molecule has 2 atom stereocenters. The molecule has 1 unspecified atom stereocenters. The Balaban J connectivity index is 1.31. The monoisotopic (exact) mass is 493 g/mol. The van der Waals surface area contributed by atoms with Gasteiger partial charge in [0.05, 0.1) is 11.9 Å². The van der Waals surface area contributed by atoms with E-state index in [0.29, 0.717) is 17.3 Å². The van der Waals surface area contributed by atoms with Gasteiger partial charge in [-0.1, -0.05) is 33.1 Å². The van der Waals surface area contributed by atoms with Gasteiger partial charge in [-0.25, -0.2) is 4.98 Å². The van der Waals surface area contributed by atoms with Crippen molar-refractivity contribution >= 4 is 23.3 Å². The molecule has 0 bridgehead atoms. The molecule has 9 nitrogen and oxygen atoms in total. The summed E-state index contributed by atoms with van der Waals surface area (Å²) in [6, 6.07) is 4.98. The number of rotatable bonds is 9. The second-order valence-corrected chi connectivity index (χ2v) is 11.0. The van der Waals surface area contributed by atoms with Crippen LogP contribution in [-0.2, 0) is 11.8 Å². The first-order chi connectivity index (χ1) is 17.4. The number of pyridine rings is 1. The fourth-order valence-electron chi connectivity index (χ4n) is 5.86. The van der Waals surface area contributed by atoms with Gasteiger partial charge in [-0.05, 0) is 54.8 Å². The van der Waals surface area contributed by atoms with Gasteiger partial charge >= 0.3 is 0 Å². The van der Waals surface area contributed by atoms with Crippen molar-refractivity contribution < 1.29 is 9.59 Å². The predicted molar refractivity (Wildman–Crippen MR) is 140 cm³/mol. The summed E-state index contributed by atoms with van der Waals surface area (Å²) in [5.74, 6) is 1.08. The van der Waals surface area contributed by atoms with E-state index in [0.717, 1.165) is 64.2 Å². The molecule has 3 aliphatic rings. The largest absolute Gasteiger partial charge is 0.354 e. The molecule has 36 heavy (non-hydrogen) atoms. The number of carbonyl (C=O) groups is 2. The number of hydrogen-bond donors (Lipinski definition) is 2. The summed E-state index contributed by atoms with van der Waals surface area (Å²) in [6.07, 6.45) is 8.96. The van der Waals surface area contributed by atoms with Crippen molar-refractivity contribution in [3.63, 3.8) is 0 Å². The van der Waals surface area contributed by atoms with Gasteiger partial charge in [0.2, 0.25) is 5.91 Å². The molecule has 2 N–H and O–H groups in total. The number of hydrogen-bond acceptors (Lipinski definition) is 6. The SMILES string of the molecule is CCN1CCN(c2ccc(NC(=O)[C@@H](NC(=O)c3ccnn3C)C(C3CCC3)C3(C)CC3)cn2)CC1. The maximum atomic E-state index is 13.7. The van der Waals surface area contributed by atoms with Gasteiger partial charge in [0.15, 0.2) is 0 Å². The van der Waals surface area contributed by atoms with Crippen LogP contribution < -0.4 is 15.5 Å². The number of aromatic nitrogens is 3. The zero-order valence-electron chi connectivity index (χ0n) is 21.7. The molecular formula is C27H39N7O2. The molecule has 2 aromatic rings. The lowest BCUT2D eigenvalue weighted by Gasteiger charge is -2.42. The van der Waals surface area contributed by atoms with Crippen LogP contribution in [0.1, 0.15) is 56.4 Å².